The van der Waals surface area contributed by atoms with Crippen LogP contribution in [0.25, 0.3) is 16.5 Å². The average Bonchev–Trinajstić information content (AvgIpc) is 3.19. The first-order chi connectivity index (χ1) is 14.0. The van der Waals surface area contributed by atoms with E-state index in [2.05, 4.69) is 49.0 Å². The number of para-hydroxylation sites is 1. The van der Waals surface area contributed by atoms with Crippen molar-refractivity contribution < 1.29 is 19.1 Å². The summed E-state index contributed by atoms with van der Waals surface area (Å²) in [4.78, 5) is 29.3. The van der Waals surface area contributed by atoms with Crippen LogP contribution < -0.4 is 0 Å². The molecule has 1 unspecified atom stereocenters. The van der Waals surface area contributed by atoms with Gasteiger partial charge in [-0.2, -0.15) is 0 Å². The number of H-pyrrole nitrogens is 1. The number of esters is 1. The lowest BCUT2D eigenvalue weighted by Gasteiger charge is -2.26. The van der Waals surface area contributed by atoms with Gasteiger partial charge in [-0.15, -0.1) is 6.58 Å². The standard InChI is InChI=1S/C23H28N2O4/c1-4-13-28-16(3)23(27)29-15-21(26)25-11-9-18(10-12-25)20-14-24-22-17(5-2)7-6-8-19(20)22/h4,6-9,14,16,24H,1,5,10-13,15H2,2-3H3. The predicted octanol–water partition coefficient (Wildman–Crippen LogP) is 3.48. The van der Waals surface area contributed by atoms with E-state index in [0.29, 0.717) is 13.1 Å². The number of amides is 1. The number of rotatable bonds is 8. The van der Waals surface area contributed by atoms with Crippen LogP contribution in [0, 0.1) is 0 Å². The van der Waals surface area contributed by atoms with Crippen molar-refractivity contribution >= 4 is 28.4 Å². The van der Waals surface area contributed by atoms with Crippen molar-refractivity contribution in [2.75, 3.05) is 26.3 Å². The molecule has 2 heterocycles. The molecule has 154 valence electrons. The van der Waals surface area contributed by atoms with Crippen LogP contribution in [-0.2, 0) is 25.5 Å². The molecule has 0 bridgehead atoms. The molecule has 0 saturated carbocycles. The zero-order valence-electron chi connectivity index (χ0n) is 17.1. The van der Waals surface area contributed by atoms with Gasteiger partial charge in [0.25, 0.3) is 5.91 Å². The molecule has 6 heteroatoms. The van der Waals surface area contributed by atoms with Gasteiger partial charge in [0.2, 0.25) is 0 Å². The quantitative estimate of drug-likeness (QED) is 0.548. The SMILES string of the molecule is C=CCOC(C)C(=O)OCC(=O)N1CC=C(c2c[nH]c3c(CC)cccc23)CC1. The normalized spacial score (nSPS) is 15.1. The number of nitrogens with zero attached hydrogens (tertiary/aromatic N) is 1. The first-order valence-electron chi connectivity index (χ1n) is 10.0. The molecular formula is C23H28N2O4. The van der Waals surface area contributed by atoms with Crippen LogP contribution in [0.3, 0.4) is 0 Å². The van der Waals surface area contributed by atoms with Crippen molar-refractivity contribution in [1.82, 2.24) is 9.88 Å². The second-order valence-electron chi connectivity index (χ2n) is 7.09. The molecule has 0 saturated heterocycles. The molecule has 0 radical (unpaired) electrons. The van der Waals surface area contributed by atoms with Gasteiger partial charge in [-0.3, -0.25) is 4.79 Å². The Morgan fingerprint density at radius 2 is 2.21 bits per heavy atom. The van der Waals surface area contributed by atoms with Gasteiger partial charge in [-0.25, -0.2) is 4.79 Å². The van der Waals surface area contributed by atoms with E-state index < -0.39 is 12.1 Å². The van der Waals surface area contributed by atoms with Gasteiger partial charge in [0, 0.05) is 35.8 Å². The summed E-state index contributed by atoms with van der Waals surface area (Å²) in [7, 11) is 0. The van der Waals surface area contributed by atoms with Crippen LogP contribution >= 0.6 is 0 Å². The summed E-state index contributed by atoms with van der Waals surface area (Å²) in [6.45, 7) is 8.38. The molecule has 1 aromatic heterocycles. The van der Waals surface area contributed by atoms with Crippen LogP contribution in [0.4, 0.5) is 0 Å². The number of fused-ring (bicyclic) bond motifs is 1. The third-order valence-electron chi connectivity index (χ3n) is 5.22. The zero-order valence-corrected chi connectivity index (χ0v) is 17.1. The van der Waals surface area contributed by atoms with Gasteiger partial charge >= 0.3 is 5.97 Å². The highest BCUT2D eigenvalue weighted by atomic mass is 16.6. The lowest BCUT2D eigenvalue weighted by atomic mass is 9.97. The number of hydrogen-bond donors (Lipinski definition) is 1. The van der Waals surface area contributed by atoms with Crippen molar-refractivity contribution in [2.45, 2.75) is 32.8 Å². The van der Waals surface area contributed by atoms with E-state index in [1.807, 2.05) is 0 Å². The maximum Gasteiger partial charge on any atom is 0.335 e. The molecule has 1 N–H and O–H groups in total. The van der Waals surface area contributed by atoms with Crippen molar-refractivity contribution in [1.29, 1.82) is 0 Å². The number of carbonyl (C=O) groups is 2. The van der Waals surface area contributed by atoms with Gasteiger partial charge in [-0.1, -0.05) is 37.3 Å². The number of aromatic amines is 1. The molecule has 0 spiro atoms. The summed E-state index contributed by atoms with van der Waals surface area (Å²) in [5.74, 6) is -0.740. The number of aryl methyl sites for hydroxylation is 1. The van der Waals surface area contributed by atoms with Crippen molar-refractivity contribution in [3.8, 4) is 0 Å². The van der Waals surface area contributed by atoms with E-state index in [9.17, 15) is 9.59 Å². The molecule has 0 aliphatic carbocycles. The van der Waals surface area contributed by atoms with Crippen LogP contribution in [0.1, 0.15) is 31.4 Å². The van der Waals surface area contributed by atoms with E-state index in [4.69, 9.17) is 9.47 Å². The first-order valence-corrected chi connectivity index (χ1v) is 10.0. The van der Waals surface area contributed by atoms with Crippen LogP contribution in [0.2, 0.25) is 0 Å². The molecule has 2 aromatic rings. The summed E-state index contributed by atoms with van der Waals surface area (Å²) in [6.07, 6.45) is 6.73. The Balaban J connectivity index is 1.59. The minimum atomic E-state index is -0.719. The summed E-state index contributed by atoms with van der Waals surface area (Å²) >= 11 is 0. The Hall–Kier alpha value is -2.86. The van der Waals surface area contributed by atoms with Gasteiger partial charge < -0.3 is 19.4 Å². The Kier molecular flexibility index (Phi) is 6.88. The fourth-order valence-electron chi connectivity index (χ4n) is 3.54. The Bertz CT molecular complexity index is 928. The van der Waals surface area contributed by atoms with Crippen molar-refractivity contribution in [3.05, 3.63) is 54.3 Å². The predicted molar refractivity (Wildman–Crippen MR) is 113 cm³/mol. The Morgan fingerprint density at radius 3 is 2.90 bits per heavy atom. The molecule has 6 nitrogen and oxygen atoms in total. The second-order valence-corrected chi connectivity index (χ2v) is 7.09. The minimum Gasteiger partial charge on any atom is -0.454 e. The van der Waals surface area contributed by atoms with E-state index in [-0.39, 0.29) is 19.1 Å². The lowest BCUT2D eigenvalue weighted by molar-refractivity contribution is -0.160. The van der Waals surface area contributed by atoms with Crippen molar-refractivity contribution in [3.63, 3.8) is 0 Å². The van der Waals surface area contributed by atoms with Gasteiger partial charge in [0.1, 0.15) is 0 Å². The topological polar surface area (TPSA) is 71.6 Å². The second kappa shape index (κ2) is 9.56. The molecule has 1 aliphatic heterocycles. The number of hydrogen-bond acceptors (Lipinski definition) is 4. The first kappa shape index (κ1) is 20.9. The van der Waals surface area contributed by atoms with Gasteiger partial charge in [-0.05, 0) is 30.9 Å². The highest BCUT2D eigenvalue weighted by molar-refractivity contribution is 5.95. The fourth-order valence-corrected chi connectivity index (χ4v) is 3.54. The molecule has 1 aromatic carbocycles. The van der Waals surface area contributed by atoms with Crippen molar-refractivity contribution in [2.24, 2.45) is 0 Å². The third kappa shape index (κ3) is 4.77. The number of nitrogens with one attached hydrogen (secondary N) is 1. The highest BCUT2D eigenvalue weighted by Gasteiger charge is 2.22. The molecular weight excluding hydrogens is 368 g/mol. The number of benzene rings is 1. The zero-order chi connectivity index (χ0) is 20.8. The number of ether oxygens (including phenoxy) is 2. The van der Waals surface area contributed by atoms with E-state index >= 15 is 0 Å². The molecule has 1 atom stereocenters. The van der Waals surface area contributed by atoms with E-state index in [0.717, 1.165) is 12.8 Å². The summed E-state index contributed by atoms with van der Waals surface area (Å²) in [5.41, 5.74) is 4.92. The smallest absolute Gasteiger partial charge is 0.335 e. The summed E-state index contributed by atoms with van der Waals surface area (Å²) in [5, 5.41) is 1.22. The van der Waals surface area contributed by atoms with Crippen LogP contribution in [0.15, 0.2) is 43.1 Å². The number of carbonyl (C=O) groups excluding carboxylic acids is 2. The highest BCUT2D eigenvalue weighted by Crippen LogP contribution is 2.30. The number of aromatic nitrogens is 1. The summed E-state index contributed by atoms with van der Waals surface area (Å²) < 4.78 is 10.3. The maximum absolute atomic E-state index is 12.4. The fraction of sp³-hybridized carbons (Fsp3) is 0.391. The Labute approximate surface area is 171 Å². The maximum atomic E-state index is 12.4. The molecule has 3 rings (SSSR count). The molecule has 1 aliphatic rings. The van der Waals surface area contributed by atoms with Crippen LogP contribution in [0.5, 0.6) is 0 Å². The largest absolute Gasteiger partial charge is 0.454 e. The molecule has 1 amide bonds. The van der Waals surface area contributed by atoms with E-state index in [1.54, 1.807) is 17.9 Å². The van der Waals surface area contributed by atoms with Crippen LogP contribution in [-0.4, -0.2) is 54.2 Å². The average molecular weight is 396 g/mol. The van der Waals surface area contributed by atoms with E-state index in [1.165, 1.54) is 27.6 Å². The van der Waals surface area contributed by atoms with Gasteiger partial charge in [0.05, 0.1) is 6.61 Å². The van der Waals surface area contributed by atoms with Gasteiger partial charge in [0.15, 0.2) is 12.7 Å². The lowest BCUT2D eigenvalue weighted by Crippen LogP contribution is -2.38. The molecule has 0 fully saturated rings. The Morgan fingerprint density at radius 1 is 1.38 bits per heavy atom. The molecule has 29 heavy (non-hydrogen) atoms. The summed E-state index contributed by atoms with van der Waals surface area (Å²) in [6, 6.07) is 6.36. The third-order valence-corrected chi connectivity index (χ3v) is 5.22. The monoisotopic (exact) mass is 396 g/mol. The minimum absolute atomic E-state index is 0.197.